The third kappa shape index (κ3) is 5.66. The molecule has 26 heavy (non-hydrogen) atoms. The zero-order chi connectivity index (χ0) is 19.0. The predicted octanol–water partition coefficient (Wildman–Crippen LogP) is 0.547. The fraction of sp³-hybridized carbons (Fsp3) is 0.588. The number of benzene rings is 1. The topological polar surface area (TPSA) is 94.2 Å². The minimum atomic E-state index is -3.54. The smallest absolute Gasteiger partial charge is 0.257 e. The maximum absolute atomic E-state index is 12.6. The maximum atomic E-state index is 12.6. The van der Waals surface area contributed by atoms with Gasteiger partial charge in [-0.2, -0.15) is 4.31 Å². The Bertz CT molecular complexity index is 701. The molecule has 1 fully saturated rings. The van der Waals surface area contributed by atoms with Crippen LogP contribution in [0.5, 0.6) is 5.75 Å². The van der Waals surface area contributed by atoms with Gasteiger partial charge >= 0.3 is 0 Å². The van der Waals surface area contributed by atoms with E-state index in [-0.39, 0.29) is 17.4 Å². The van der Waals surface area contributed by atoms with E-state index < -0.39 is 10.0 Å². The van der Waals surface area contributed by atoms with Crippen molar-refractivity contribution in [2.45, 2.75) is 18.2 Å². The van der Waals surface area contributed by atoms with Gasteiger partial charge in [-0.05, 0) is 37.1 Å². The van der Waals surface area contributed by atoms with Gasteiger partial charge in [-0.25, -0.2) is 8.42 Å². The molecule has 0 unspecified atom stereocenters. The molecule has 2 rings (SSSR count). The molecule has 0 atom stereocenters. The van der Waals surface area contributed by atoms with Crippen molar-refractivity contribution in [3.05, 3.63) is 23.8 Å². The van der Waals surface area contributed by atoms with E-state index in [1.165, 1.54) is 10.4 Å². The van der Waals surface area contributed by atoms with Crippen LogP contribution in [0.25, 0.3) is 0 Å². The molecular formula is C17H26N2O6S. The Hall–Kier alpha value is -1.68. The second-order valence-corrected chi connectivity index (χ2v) is 7.87. The van der Waals surface area contributed by atoms with E-state index in [4.69, 9.17) is 14.2 Å². The molecule has 1 aromatic rings. The average Bonchev–Trinajstić information content (AvgIpc) is 2.65. The quantitative estimate of drug-likeness (QED) is 0.623. The number of carbonyl (C=O) groups is 1. The van der Waals surface area contributed by atoms with Crippen molar-refractivity contribution in [2.24, 2.45) is 0 Å². The summed E-state index contributed by atoms with van der Waals surface area (Å²) in [5.41, 5.74) is 0.659. The van der Waals surface area contributed by atoms with Gasteiger partial charge in [0.05, 0.1) is 18.1 Å². The summed E-state index contributed by atoms with van der Waals surface area (Å²) in [5, 5.41) is 2.73. The molecule has 1 amide bonds. The Kier molecular flexibility index (Phi) is 7.83. The van der Waals surface area contributed by atoms with Crippen molar-refractivity contribution in [1.82, 2.24) is 9.62 Å². The van der Waals surface area contributed by atoms with Crippen molar-refractivity contribution in [2.75, 3.05) is 53.2 Å². The number of aryl methyl sites for hydroxylation is 1. The van der Waals surface area contributed by atoms with Crippen LogP contribution in [0.1, 0.15) is 12.0 Å². The summed E-state index contributed by atoms with van der Waals surface area (Å²) < 4.78 is 42.3. The van der Waals surface area contributed by atoms with Crippen molar-refractivity contribution >= 4 is 15.9 Å². The number of carbonyl (C=O) groups excluding carboxylic acids is 1. The highest BCUT2D eigenvalue weighted by Gasteiger charge is 2.26. The lowest BCUT2D eigenvalue weighted by Crippen LogP contribution is -2.40. The molecule has 0 aliphatic carbocycles. The fourth-order valence-electron chi connectivity index (χ4n) is 2.52. The molecule has 0 aromatic heterocycles. The largest absolute Gasteiger partial charge is 0.484 e. The van der Waals surface area contributed by atoms with Crippen LogP contribution < -0.4 is 10.1 Å². The first-order valence-electron chi connectivity index (χ1n) is 8.52. The third-order valence-corrected chi connectivity index (χ3v) is 5.86. The second kappa shape index (κ2) is 9.86. The summed E-state index contributed by atoms with van der Waals surface area (Å²) in [6.07, 6.45) is 0.732. The zero-order valence-corrected chi connectivity index (χ0v) is 16.0. The number of amides is 1. The molecule has 1 heterocycles. The Morgan fingerprint density at radius 2 is 2.04 bits per heavy atom. The Labute approximate surface area is 154 Å². The number of ether oxygens (including phenoxy) is 3. The first-order valence-corrected chi connectivity index (χ1v) is 9.96. The molecule has 1 saturated heterocycles. The highest BCUT2D eigenvalue weighted by Crippen LogP contribution is 2.24. The van der Waals surface area contributed by atoms with E-state index in [9.17, 15) is 13.2 Å². The SMILES string of the molecule is COCCCNC(=O)COc1ccc(S(=O)(=O)N2CCOCC2)cc1C. The Balaban J connectivity index is 1.93. The van der Waals surface area contributed by atoms with E-state index in [0.717, 1.165) is 6.42 Å². The fourth-order valence-corrected chi connectivity index (χ4v) is 4.01. The molecule has 1 aliphatic rings. The number of nitrogens with zero attached hydrogens (tertiary/aromatic N) is 1. The van der Waals surface area contributed by atoms with Crippen LogP contribution in [-0.4, -0.2) is 71.8 Å². The Morgan fingerprint density at radius 3 is 2.69 bits per heavy atom. The zero-order valence-electron chi connectivity index (χ0n) is 15.2. The number of methoxy groups -OCH3 is 1. The first kappa shape index (κ1) is 20.6. The van der Waals surface area contributed by atoms with Gasteiger partial charge < -0.3 is 19.5 Å². The summed E-state index contributed by atoms with van der Waals surface area (Å²) in [4.78, 5) is 11.9. The van der Waals surface area contributed by atoms with E-state index in [1.807, 2.05) is 0 Å². The maximum Gasteiger partial charge on any atom is 0.257 e. The van der Waals surface area contributed by atoms with E-state index in [2.05, 4.69) is 5.32 Å². The summed E-state index contributed by atoms with van der Waals surface area (Å²) in [7, 11) is -1.94. The standard InChI is InChI=1S/C17H26N2O6S/c1-14-12-15(26(21,22)19-7-10-24-11-8-19)4-5-16(14)25-13-17(20)18-6-3-9-23-2/h4-5,12H,3,6-11,13H2,1-2H3,(H,18,20). The molecule has 8 nitrogen and oxygen atoms in total. The number of morpholine rings is 1. The van der Waals surface area contributed by atoms with E-state index in [1.54, 1.807) is 26.2 Å². The minimum absolute atomic E-state index is 0.122. The van der Waals surface area contributed by atoms with Crippen LogP contribution in [0.2, 0.25) is 0 Å². The average molecular weight is 386 g/mol. The molecule has 1 aromatic carbocycles. The van der Waals surface area contributed by atoms with Crippen molar-refractivity contribution in [3.63, 3.8) is 0 Å². The molecule has 146 valence electrons. The van der Waals surface area contributed by atoms with Gasteiger partial charge in [0.2, 0.25) is 10.0 Å². The lowest BCUT2D eigenvalue weighted by molar-refractivity contribution is -0.123. The molecule has 1 aliphatic heterocycles. The highest BCUT2D eigenvalue weighted by atomic mass is 32.2. The van der Waals surface area contributed by atoms with Crippen LogP contribution >= 0.6 is 0 Å². The summed E-state index contributed by atoms with van der Waals surface area (Å²) in [6.45, 7) is 4.24. The van der Waals surface area contributed by atoms with Crippen LogP contribution in [-0.2, 0) is 24.3 Å². The van der Waals surface area contributed by atoms with E-state index in [0.29, 0.717) is 50.8 Å². The molecule has 0 bridgehead atoms. The van der Waals surface area contributed by atoms with Crippen molar-refractivity contribution in [1.29, 1.82) is 0 Å². The number of hydrogen-bond donors (Lipinski definition) is 1. The number of rotatable bonds is 9. The molecular weight excluding hydrogens is 360 g/mol. The highest BCUT2D eigenvalue weighted by molar-refractivity contribution is 7.89. The molecule has 1 N–H and O–H groups in total. The first-order chi connectivity index (χ1) is 12.4. The van der Waals surface area contributed by atoms with Gasteiger partial charge in [0.15, 0.2) is 6.61 Å². The second-order valence-electron chi connectivity index (χ2n) is 5.93. The number of hydrogen-bond acceptors (Lipinski definition) is 6. The van der Waals surface area contributed by atoms with Gasteiger partial charge in [0.25, 0.3) is 5.91 Å². The van der Waals surface area contributed by atoms with Gasteiger partial charge in [0.1, 0.15) is 5.75 Å². The number of nitrogens with one attached hydrogen (secondary N) is 1. The molecule has 9 heteroatoms. The monoisotopic (exact) mass is 386 g/mol. The van der Waals surface area contributed by atoms with Crippen LogP contribution in [0.3, 0.4) is 0 Å². The van der Waals surface area contributed by atoms with Gasteiger partial charge in [-0.3, -0.25) is 4.79 Å². The van der Waals surface area contributed by atoms with E-state index >= 15 is 0 Å². The summed E-state index contributed by atoms with van der Waals surface area (Å²) in [6, 6.07) is 4.65. The van der Waals surface area contributed by atoms with Crippen molar-refractivity contribution < 1.29 is 27.4 Å². The molecule has 0 radical (unpaired) electrons. The molecule has 0 saturated carbocycles. The normalized spacial score (nSPS) is 15.6. The Morgan fingerprint density at radius 1 is 1.31 bits per heavy atom. The minimum Gasteiger partial charge on any atom is -0.484 e. The van der Waals surface area contributed by atoms with Gasteiger partial charge in [0, 0.05) is 33.4 Å². The predicted molar refractivity (Wildman–Crippen MR) is 95.8 cm³/mol. The summed E-state index contributed by atoms with van der Waals surface area (Å²) >= 11 is 0. The van der Waals surface area contributed by atoms with Crippen molar-refractivity contribution in [3.8, 4) is 5.75 Å². The van der Waals surface area contributed by atoms with Crippen LogP contribution in [0.4, 0.5) is 0 Å². The van der Waals surface area contributed by atoms with Crippen LogP contribution in [0.15, 0.2) is 23.1 Å². The third-order valence-electron chi connectivity index (χ3n) is 3.96. The van der Waals surface area contributed by atoms with Gasteiger partial charge in [-0.1, -0.05) is 0 Å². The lowest BCUT2D eigenvalue weighted by Gasteiger charge is -2.26. The van der Waals surface area contributed by atoms with Gasteiger partial charge in [-0.15, -0.1) is 0 Å². The number of sulfonamides is 1. The van der Waals surface area contributed by atoms with Crippen LogP contribution in [0, 0.1) is 6.92 Å². The summed E-state index contributed by atoms with van der Waals surface area (Å²) in [5.74, 6) is 0.253. The molecule has 0 spiro atoms. The lowest BCUT2D eigenvalue weighted by atomic mass is 10.2.